The van der Waals surface area contributed by atoms with Crippen molar-refractivity contribution < 1.29 is 31.1 Å². The molecular weight excluding hydrogens is 433 g/mol. The number of halogens is 3. The summed E-state index contributed by atoms with van der Waals surface area (Å²) >= 11 is 0. The van der Waals surface area contributed by atoms with Gasteiger partial charge in [-0.3, -0.25) is 9.10 Å². The minimum Gasteiger partial charge on any atom is -0.406 e. The molecular formula is C21H17F3N2O4S. The Balaban J connectivity index is 1.80. The molecule has 0 heterocycles. The highest BCUT2D eigenvalue weighted by atomic mass is 32.2. The molecule has 31 heavy (non-hydrogen) atoms. The van der Waals surface area contributed by atoms with Crippen molar-refractivity contribution in [2.45, 2.75) is 11.3 Å². The molecule has 0 bridgehead atoms. The fourth-order valence-electron chi connectivity index (χ4n) is 2.70. The summed E-state index contributed by atoms with van der Waals surface area (Å²) in [5.41, 5.74) is 0.472. The smallest absolute Gasteiger partial charge is 0.406 e. The third kappa shape index (κ3) is 5.98. The fourth-order valence-corrected chi connectivity index (χ4v) is 4.14. The van der Waals surface area contributed by atoms with Crippen molar-refractivity contribution >= 4 is 27.3 Å². The van der Waals surface area contributed by atoms with Gasteiger partial charge in [0.25, 0.3) is 10.0 Å². The summed E-state index contributed by atoms with van der Waals surface area (Å²) in [6.07, 6.45) is -4.83. The molecule has 10 heteroatoms. The second-order valence-electron chi connectivity index (χ2n) is 6.28. The lowest BCUT2D eigenvalue weighted by molar-refractivity contribution is -0.274. The number of anilines is 2. The number of nitrogens with one attached hydrogen (secondary N) is 1. The molecule has 0 aliphatic heterocycles. The normalized spacial score (nSPS) is 11.6. The van der Waals surface area contributed by atoms with E-state index < -0.39 is 34.6 Å². The fraction of sp³-hybridized carbons (Fsp3) is 0.0952. The molecule has 0 aliphatic rings. The molecule has 1 amide bonds. The molecule has 3 rings (SSSR count). The molecule has 0 aromatic heterocycles. The first kappa shape index (κ1) is 22.2. The van der Waals surface area contributed by atoms with Crippen molar-refractivity contribution in [3.63, 3.8) is 0 Å². The Morgan fingerprint density at radius 1 is 0.871 bits per heavy atom. The van der Waals surface area contributed by atoms with E-state index in [0.29, 0.717) is 0 Å². The zero-order chi connectivity index (χ0) is 22.5. The molecule has 0 saturated heterocycles. The monoisotopic (exact) mass is 450 g/mol. The van der Waals surface area contributed by atoms with E-state index in [-0.39, 0.29) is 16.3 Å². The van der Waals surface area contributed by atoms with Crippen LogP contribution in [0, 0.1) is 0 Å². The first-order valence-electron chi connectivity index (χ1n) is 8.94. The molecule has 6 nitrogen and oxygen atoms in total. The van der Waals surface area contributed by atoms with Gasteiger partial charge in [-0.05, 0) is 48.5 Å². The van der Waals surface area contributed by atoms with Gasteiger partial charge in [0.1, 0.15) is 12.3 Å². The van der Waals surface area contributed by atoms with Gasteiger partial charge < -0.3 is 10.1 Å². The number of para-hydroxylation sites is 1. The van der Waals surface area contributed by atoms with Crippen LogP contribution in [0.1, 0.15) is 0 Å². The van der Waals surface area contributed by atoms with Gasteiger partial charge in [0, 0.05) is 5.69 Å². The minimum absolute atomic E-state index is 0.0142. The van der Waals surface area contributed by atoms with E-state index in [0.717, 1.165) is 16.4 Å². The van der Waals surface area contributed by atoms with Crippen molar-refractivity contribution in [2.75, 3.05) is 16.2 Å². The number of amides is 1. The number of nitrogens with zero attached hydrogens (tertiary/aromatic N) is 1. The quantitative estimate of drug-likeness (QED) is 0.578. The Morgan fingerprint density at radius 2 is 1.42 bits per heavy atom. The van der Waals surface area contributed by atoms with Crippen LogP contribution < -0.4 is 14.4 Å². The Hall–Kier alpha value is -3.53. The number of hydrogen-bond acceptors (Lipinski definition) is 4. The first-order valence-corrected chi connectivity index (χ1v) is 10.4. The van der Waals surface area contributed by atoms with Crippen LogP contribution in [-0.2, 0) is 14.8 Å². The van der Waals surface area contributed by atoms with Gasteiger partial charge in [0.15, 0.2) is 0 Å². The topological polar surface area (TPSA) is 75.7 Å². The Morgan fingerprint density at radius 3 is 1.97 bits per heavy atom. The van der Waals surface area contributed by atoms with Crippen LogP contribution in [0.2, 0.25) is 0 Å². The number of ether oxygens (including phenoxy) is 1. The van der Waals surface area contributed by atoms with Gasteiger partial charge in [0.05, 0.1) is 10.6 Å². The third-order valence-corrected chi connectivity index (χ3v) is 5.82. The molecule has 3 aromatic carbocycles. The van der Waals surface area contributed by atoms with Crippen LogP contribution in [0.25, 0.3) is 0 Å². The van der Waals surface area contributed by atoms with E-state index in [4.69, 9.17) is 0 Å². The van der Waals surface area contributed by atoms with Gasteiger partial charge in [-0.25, -0.2) is 8.42 Å². The van der Waals surface area contributed by atoms with Gasteiger partial charge in [0.2, 0.25) is 5.91 Å². The maximum absolute atomic E-state index is 13.1. The van der Waals surface area contributed by atoms with E-state index in [9.17, 15) is 26.4 Å². The highest BCUT2D eigenvalue weighted by Gasteiger charge is 2.31. The molecule has 0 fully saturated rings. The summed E-state index contributed by atoms with van der Waals surface area (Å²) in [7, 11) is -4.04. The number of hydrogen-bond donors (Lipinski definition) is 1. The zero-order valence-electron chi connectivity index (χ0n) is 15.9. The molecule has 0 unspecified atom stereocenters. The largest absolute Gasteiger partial charge is 0.573 e. The van der Waals surface area contributed by atoms with Crippen molar-refractivity contribution in [3.05, 3.63) is 84.9 Å². The average molecular weight is 450 g/mol. The van der Waals surface area contributed by atoms with Gasteiger partial charge >= 0.3 is 6.36 Å². The molecule has 162 valence electrons. The summed E-state index contributed by atoms with van der Waals surface area (Å²) in [4.78, 5) is 12.6. The summed E-state index contributed by atoms with van der Waals surface area (Å²) in [5.74, 6) is -1.11. The maximum atomic E-state index is 13.1. The molecule has 0 radical (unpaired) electrons. The first-order chi connectivity index (χ1) is 14.6. The van der Waals surface area contributed by atoms with E-state index in [1.54, 1.807) is 48.5 Å². The summed E-state index contributed by atoms with van der Waals surface area (Å²) < 4.78 is 67.7. The third-order valence-electron chi connectivity index (χ3n) is 4.03. The van der Waals surface area contributed by atoms with E-state index >= 15 is 0 Å². The van der Waals surface area contributed by atoms with Crippen LogP contribution in [0.15, 0.2) is 89.8 Å². The molecule has 0 spiro atoms. The zero-order valence-corrected chi connectivity index (χ0v) is 16.7. The molecule has 0 aliphatic carbocycles. The molecule has 1 N–H and O–H groups in total. The van der Waals surface area contributed by atoms with Crippen molar-refractivity contribution in [2.24, 2.45) is 0 Å². The van der Waals surface area contributed by atoms with E-state index in [1.165, 1.54) is 24.3 Å². The number of rotatable bonds is 7. The van der Waals surface area contributed by atoms with Crippen LogP contribution >= 0.6 is 0 Å². The number of alkyl halides is 3. The molecule has 0 saturated carbocycles. The van der Waals surface area contributed by atoms with Crippen molar-refractivity contribution in [3.8, 4) is 5.75 Å². The lowest BCUT2D eigenvalue weighted by Gasteiger charge is -2.24. The SMILES string of the molecule is O=C(CN(c1ccccc1)S(=O)(=O)c1ccccc1)Nc1ccc(OC(F)(F)F)cc1. The van der Waals surface area contributed by atoms with Crippen LogP contribution in [0.5, 0.6) is 5.75 Å². The Kier molecular flexibility index (Phi) is 6.50. The van der Waals surface area contributed by atoms with E-state index in [2.05, 4.69) is 10.1 Å². The number of carbonyl (C=O) groups excluding carboxylic acids is 1. The standard InChI is InChI=1S/C21H17F3N2O4S/c22-21(23,24)30-18-13-11-16(12-14-18)25-20(27)15-26(17-7-3-1-4-8-17)31(28,29)19-9-5-2-6-10-19/h1-14H,15H2,(H,25,27). The highest BCUT2D eigenvalue weighted by Crippen LogP contribution is 2.25. The number of sulfonamides is 1. The highest BCUT2D eigenvalue weighted by molar-refractivity contribution is 7.92. The van der Waals surface area contributed by atoms with Crippen LogP contribution in [-0.4, -0.2) is 27.2 Å². The predicted molar refractivity (Wildman–Crippen MR) is 109 cm³/mol. The second kappa shape index (κ2) is 9.09. The molecule has 3 aromatic rings. The molecule has 0 atom stereocenters. The number of carbonyl (C=O) groups is 1. The van der Waals surface area contributed by atoms with Gasteiger partial charge in [-0.1, -0.05) is 36.4 Å². The maximum Gasteiger partial charge on any atom is 0.573 e. The van der Waals surface area contributed by atoms with Crippen LogP contribution in [0.3, 0.4) is 0 Å². The predicted octanol–water partition coefficient (Wildman–Crippen LogP) is 4.42. The van der Waals surface area contributed by atoms with Gasteiger partial charge in [-0.2, -0.15) is 0 Å². The lowest BCUT2D eigenvalue weighted by Crippen LogP contribution is -2.38. The lowest BCUT2D eigenvalue weighted by atomic mass is 10.3. The minimum atomic E-state index is -4.83. The van der Waals surface area contributed by atoms with Crippen LogP contribution in [0.4, 0.5) is 24.5 Å². The Bertz CT molecular complexity index is 1120. The van der Waals surface area contributed by atoms with Gasteiger partial charge in [-0.15, -0.1) is 13.2 Å². The summed E-state index contributed by atoms with van der Waals surface area (Å²) in [5, 5.41) is 2.47. The average Bonchev–Trinajstić information content (AvgIpc) is 2.73. The van der Waals surface area contributed by atoms with Crippen molar-refractivity contribution in [1.82, 2.24) is 0 Å². The summed E-state index contributed by atoms with van der Waals surface area (Å²) in [6.45, 7) is -0.540. The second-order valence-corrected chi connectivity index (χ2v) is 8.14. The Labute approximate surface area is 176 Å². The van der Waals surface area contributed by atoms with E-state index in [1.807, 2.05) is 0 Å². The van der Waals surface area contributed by atoms with Crippen molar-refractivity contribution in [1.29, 1.82) is 0 Å². The number of benzene rings is 3. The summed E-state index contributed by atoms with van der Waals surface area (Å²) in [6, 6.07) is 20.3.